The second-order valence-electron chi connectivity index (χ2n) is 5.24. The van der Waals surface area contributed by atoms with Crippen LogP contribution in [0.4, 0.5) is 0 Å². The van der Waals surface area contributed by atoms with Gasteiger partial charge >= 0.3 is 0 Å². The van der Waals surface area contributed by atoms with Gasteiger partial charge in [-0.25, -0.2) is 0 Å². The van der Waals surface area contributed by atoms with E-state index in [-0.39, 0.29) is 5.78 Å². The zero-order chi connectivity index (χ0) is 13.7. The number of Topliss-reactive ketones (excluding diaryl/α,β-unsaturated/α-hetero) is 1. The van der Waals surface area contributed by atoms with Crippen molar-refractivity contribution in [2.24, 2.45) is 11.8 Å². The van der Waals surface area contributed by atoms with Crippen molar-refractivity contribution >= 4 is 21.7 Å². The Hall–Kier alpha value is -0.830. The minimum Gasteiger partial charge on any atom is -0.493 e. The lowest BCUT2D eigenvalue weighted by atomic mass is 10.00. The molecule has 0 saturated carbocycles. The first-order valence-corrected chi connectivity index (χ1v) is 7.12. The summed E-state index contributed by atoms with van der Waals surface area (Å²) < 4.78 is 6.67. The van der Waals surface area contributed by atoms with Gasteiger partial charge in [-0.05, 0) is 43.4 Å². The molecule has 100 valence electrons. The second kappa shape index (κ2) is 6.93. The quantitative estimate of drug-likeness (QED) is 0.711. The van der Waals surface area contributed by atoms with Gasteiger partial charge in [0.05, 0.1) is 12.2 Å². The molecule has 0 aliphatic rings. The fourth-order valence-electron chi connectivity index (χ4n) is 2.01. The maximum atomic E-state index is 11.5. The van der Waals surface area contributed by atoms with Crippen molar-refractivity contribution in [3.8, 4) is 5.75 Å². The smallest absolute Gasteiger partial charge is 0.163 e. The third-order valence-electron chi connectivity index (χ3n) is 2.72. The molecule has 0 aliphatic carbocycles. The molecule has 1 aromatic carbocycles. The molecule has 1 unspecified atom stereocenters. The summed E-state index contributed by atoms with van der Waals surface area (Å²) >= 11 is 3.37. The maximum absolute atomic E-state index is 11.5. The van der Waals surface area contributed by atoms with Crippen LogP contribution < -0.4 is 4.74 Å². The summed E-state index contributed by atoms with van der Waals surface area (Å²) in [6.07, 6.45) is 1.13. The molecule has 1 aromatic rings. The largest absolute Gasteiger partial charge is 0.493 e. The fraction of sp³-hybridized carbons (Fsp3) is 0.533. The van der Waals surface area contributed by atoms with Crippen LogP contribution in [-0.2, 0) is 0 Å². The van der Waals surface area contributed by atoms with Crippen LogP contribution in [-0.4, -0.2) is 12.4 Å². The van der Waals surface area contributed by atoms with Crippen molar-refractivity contribution in [2.45, 2.75) is 34.1 Å². The first-order chi connectivity index (χ1) is 8.40. The number of hydrogen-bond donors (Lipinski definition) is 0. The molecule has 0 heterocycles. The summed E-state index contributed by atoms with van der Waals surface area (Å²) in [5.74, 6) is 1.87. The number of ketones is 1. The van der Waals surface area contributed by atoms with Gasteiger partial charge in [-0.3, -0.25) is 4.79 Å². The van der Waals surface area contributed by atoms with Crippen molar-refractivity contribution in [3.05, 3.63) is 28.2 Å². The van der Waals surface area contributed by atoms with Gasteiger partial charge in [0.2, 0.25) is 0 Å². The van der Waals surface area contributed by atoms with Crippen molar-refractivity contribution < 1.29 is 9.53 Å². The lowest BCUT2D eigenvalue weighted by molar-refractivity contribution is 0.101. The second-order valence-corrected chi connectivity index (χ2v) is 6.16. The molecule has 0 bridgehead atoms. The van der Waals surface area contributed by atoms with E-state index in [1.54, 1.807) is 6.92 Å². The monoisotopic (exact) mass is 312 g/mol. The van der Waals surface area contributed by atoms with Crippen molar-refractivity contribution in [1.82, 2.24) is 0 Å². The predicted octanol–water partition coefficient (Wildman–Crippen LogP) is 4.71. The summed E-state index contributed by atoms with van der Waals surface area (Å²) in [5, 5.41) is 0. The Bertz CT molecular complexity index is 413. The lowest BCUT2D eigenvalue weighted by Gasteiger charge is -2.16. The molecule has 18 heavy (non-hydrogen) atoms. The zero-order valence-corrected chi connectivity index (χ0v) is 13.1. The molecule has 1 atom stereocenters. The van der Waals surface area contributed by atoms with E-state index in [4.69, 9.17) is 4.74 Å². The summed E-state index contributed by atoms with van der Waals surface area (Å²) in [6.45, 7) is 8.80. The van der Waals surface area contributed by atoms with Crippen molar-refractivity contribution in [2.75, 3.05) is 6.61 Å². The highest BCUT2D eigenvalue weighted by molar-refractivity contribution is 9.10. The van der Waals surface area contributed by atoms with Crippen LogP contribution >= 0.6 is 15.9 Å². The Morgan fingerprint density at radius 3 is 2.56 bits per heavy atom. The van der Waals surface area contributed by atoms with E-state index < -0.39 is 0 Å². The van der Waals surface area contributed by atoms with E-state index in [1.165, 1.54) is 0 Å². The van der Waals surface area contributed by atoms with E-state index in [2.05, 4.69) is 36.7 Å². The van der Waals surface area contributed by atoms with E-state index in [0.29, 0.717) is 29.8 Å². The molecular formula is C15H21BrO2. The van der Waals surface area contributed by atoms with Crippen LogP contribution in [0.1, 0.15) is 44.5 Å². The first-order valence-electron chi connectivity index (χ1n) is 6.33. The molecule has 0 saturated heterocycles. The number of benzene rings is 1. The van der Waals surface area contributed by atoms with Crippen molar-refractivity contribution in [3.63, 3.8) is 0 Å². The Labute approximate surface area is 118 Å². The van der Waals surface area contributed by atoms with E-state index >= 15 is 0 Å². The molecule has 0 amide bonds. The molecule has 0 spiro atoms. The van der Waals surface area contributed by atoms with Crippen LogP contribution in [0.5, 0.6) is 5.75 Å². The molecule has 1 rings (SSSR count). The number of carbonyl (C=O) groups excluding carboxylic acids is 1. The molecular weight excluding hydrogens is 292 g/mol. The molecule has 2 nitrogen and oxygen atoms in total. The molecule has 3 heteroatoms. The van der Waals surface area contributed by atoms with Gasteiger partial charge in [0.15, 0.2) is 5.78 Å². The Balaban J connectivity index is 2.70. The molecule has 0 aliphatic heterocycles. The zero-order valence-electron chi connectivity index (χ0n) is 11.5. The molecule has 0 aromatic heterocycles. The van der Waals surface area contributed by atoms with E-state index in [9.17, 15) is 4.79 Å². The van der Waals surface area contributed by atoms with Gasteiger partial charge in [0, 0.05) is 4.47 Å². The minimum atomic E-state index is 0.0304. The fourth-order valence-corrected chi connectivity index (χ4v) is 2.37. The Morgan fingerprint density at radius 1 is 1.33 bits per heavy atom. The highest BCUT2D eigenvalue weighted by Gasteiger charge is 2.11. The summed E-state index contributed by atoms with van der Waals surface area (Å²) in [5.41, 5.74) is 0.640. The van der Waals surface area contributed by atoms with Gasteiger partial charge < -0.3 is 4.74 Å². The lowest BCUT2D eigenvalue weighted by Crippen LogP contribution is -2.12. The van der Waals surface area contributed by atoms with Gasteiger partial charge in [0.1, 0.15) is 5.75 Å². The third-order valence-corrected chi connectivity index (χ3v) is 3.21. The van der Waals surface area contributed by atoms with Crippen LogP contribution in [0.3, 0.4) is 0 Å². The number of halogens is 1. The summed E-state index contributed by atoms with van der Waals surface area (Å²) in [4.78, 5) is 11.5. The summed E-state index contributed by atoms with van der Waals surface area (Å²) in [7, 11) is 0. The van der Waals surface area contributed by atoms with E-state index in [1.807, 2.05) is 18.2 Å². The number of hydrogen-bond acceptors (Lipinski definition) is 2. The van der Waals surface area contributed by atoms with Crippen LogP contribution in [0.25, 0.3) is 0 Å². The standard InChI is InChI=1S/C15H21BrO2/c1-10(2)7-11(3)9-18-15-6-5-13(16)8-14(15)12(4)17/h5-6,8,10-11H,7,9H2,1-4H3. The maximum Gasteiger partial charge on any atom is 0.163 e. The van der Waals surface area contributed by atoms with Gasteiger partial charge in [-0.1, -0.05) is 36.7 Å². The topological polar surface area (TPSA) is 26.3 Å². The normalized spacial score (nSPS) is 12.6. The van der Waals surface area contributed by atoms with Crippen LogP contribution in [0.2, 0.25) is 0 Å². The highest BCUT2D eigenvalue weighted by Crippen LogP contribution is 2.24. The molecule has 0 fully saturated rings. The number of carbonyl (C=O) groups is 1. The Kier molecular flexibility index (Phi) is 5.86. The van der Waals surface area contributed by atoms with Crippen molar-refractivity contribution in [1.29, 1.82) is 0 Å². The number of rotatable bonds is 6. The molecule has 0 radical (unpaired) electrons. The van der Waals surface area contributed by atoms with Gasteiger partial charge in [-0.2, -0.15) is 0 Å². The van der Waals surface area contributed by atoms with Gasteiger partial charge in [0.25, 0.3) is 0 Å². The minimum absolute atomic E-state index is 0.0304. The Morgan fingerprint density at radius 2 is 2.00 bits per heavy atom. The average molecular weight is 313 g/mol. The number of ether oxygens (including phenoxy) is 1. The first kappa shape index (κ1) is 15.2. The average Bonchev–Trinajstić information content (AvgIpc) is 2.26. The summed E-state index contributed by atoms with van der Waals surface area (Å²) in [6, 6.07) is 5.56. The van der Waals surface area contributed by atoms with Crippen LogP contribution in [0, 0.1) is 11.8 Å². The SMILES string of the molecule is CC(=O)c1cc(Br)ccc1OCC(C)CC(C)C. The molecule has 0 N–H and O–H groups in total. The highest BCUT2D eigenvalue weighted by atomic mass is 79.9. The van der Waals surface area contributed by atoms with Crippen LogP contribution in [0.15, 0.2) is 22.7 Å². The van der Waals surface area contributed by atoms with Gasteiger partial charge in [-0.15, -0.1) is 0 Å². The van der Waals surface area contributed by atoms with E-state index in [0.717, 1.165) is 10.9 Å². The third kappa shape index (κ3) is 4.81. The predicted molar refractivity (Wildman–Crippen MR) is 78.3 cm³/mol.